The topological polar surface area (TPSA) is 69.2 Å². The molecule has 2 aromatic rings. The highest BCUT2D eigenvalue weighted by Gasteiger charge is 2.41. The first-order chi connectivity index (χ1) is 12.4. The van der Waals surface area contributed by atoms with Crippen LogP contribution in [-0.4, -0.2) is 39.2 Å². The lowest BCUT2D eigenvalue weighted by Gasteiger charge is -2.43. The second kappa shape index (κ2) is 6.54. The SMILES string of the molecule is CC(C)(C1CCN(C(=O)C2CC2)CC1)C(O)c1cc(Cl)cc2[nH]ncc12. The number of fused-ring (bicyclic) bond motifs is 1. The minimum atomic E-state index is -0.642. The maximum absolute atomic E-state index is 12.3. The summed E-state index contributed by atoms with van der Waals surface area (Å²) in [5.74, 6) is 0.962. The molecule has 1 unspecified atom stereocenters. The first kappa shape index (κ1) is 17.8. The van der Waals surface area contributed by atoms with Gasteiger partial charge in [0.2, 0.25) is 5.91 Å². The maximum atomic E-state index is 12.3. The molecule has 0 bridgehead atoms. The number of amides is 1. The number of rotatable bonds is 4. The lowest BCUT2D eigenvalue weighted by molar-refractivity contribution is -0.135. The zero-order valence-corrected chi connectivity index (χ0v) is 16.1. The van der Waals surface area contributed by atoms with Crippen molar-refractivity contribution in [3.05, 3.63) is 28.9 Å². The number of nitrogens with one attached hydrogen (secondary N) is 1. The van der Waals surface area contributed by atoms with Crippen molar-refractivity contribution in [2.24, 2.45) is 17.3 Å². The van der Waals surface area contributed by atoms with E-state index in [1.54, 1.807) is 6.20 Å². The van der Waals surface area contributed by atoms with Crippen LogP contribution in [0.5, 0.6) is 0 Å². The second-order valence-electron chi connectivity index (χ2n) is 8.42. The van der Waals surface area contributed by atoms with Crippen LogP contribution >= 0.6 is 11.6 Å². The lowest BCUT2D eigenvalue weighted by atomic mass is 9.68. The first-order valence-electron chi connectivity index (χ1n) is 9.47. The lowest BCUT2D eigenvalue weighted by Crippen LogP contribution is -2.44. The molecular weight excluding hydrogens is 350 g/mol. The number of nitrogens with zero attached hydrogens (tertiary/aromatic N) is 2. The number of aromatic amines is 1. The summed E-state index contributed by atoms with van der Waals surface area (Å²) in [7, 11) is 0. The quantitative estimate of drug-likeness (QED) is 0.850. The molecule has 1 aliphatic carbocycles. The zero-order valence-electron chi connectivity index (χ0n) is 15.3. The smallest absolute Gasteiger partial charge is 0.225 e. The predicted octanol–water partition coefficient (Wildman–Crippen LogP) is 3.92. The Labute approximate surface area is 158 Å². The van der Waals surface area contributed by atoms with E-state index in [2.05, 4.69) is 24.0 Å². The van der Waals surface area contributed by atoms with E-state index in [0.29, 0.717) is 16.8 Å². The van der Waals surface area contributed by atoms with Crippen LogP contribution in [0.1, 0.15) is 51.2 Å². The van der Waals surface area contributed by atoms with Gasteiger partial charge in [0.1, 0.15) is 0 Å². The standard InChI is InChI=1S/C20H26ClN3O2/c1-20(2,13-5-7-24(8-6-13)19(26)12-3-4-12)18(25)15-9-14(21)10-17-16(15)11-22-23-17/h9-13,18,25H,3-8H2,1-2H3,(H,22,23). The molecule has 1 aliphatic heterocycles. The van der Waals surface area contributed by atoms with Gasteiger partial charge in [-0.3, -0.25) is 9.89 Å². The van der Waals surface area contributed by atoms with Gasteiger partial charge in [-0.05, 0) is 54.7 Å². The number of carbonyl (C=O) groups excluding carboxylic acids is 1. The molecule has 1 aromatic carbocycles. The van der Waals surface area contributed by atoms with Crippen molar-refractivity contribution >= 4 is 28.4 Å². The van der Waals surface area contributed by atoms with Gasteiger partial charge in [0.15, 0.2) is 0 Å². The molecule has 2 fully saturated rings. The fourth-order valence-electron chi connectivity index (χ4n) is 4.32. The Bertz CT molecular complexity index is 820. The molecular formula is C20H26ClN3O2. The van der Waals surface area contributed by atoms with Gasteiger partial charge in [-0.2, -0.15) is 5.10 Å². The average Bonchev–Trinajstić information content (AvgIpc) is 3.38. The molecule has 5 nitrogen and oxygen atoms in total. The molecule has 2 N–H and O–H groups in total. The third kappa shape index (κ3) is 3.12. The van der Waals surface area contributed by atoms with Crippen LogP contribution in [0.3, 0.4) is 0 Å². The van der Waals surface area contributed by atoms with E-state index in [1.807, 2.05) is 17.0 Å². The zero-order chi connectivity index (χ0) is 18.5. The molecule has 2 aliphatic rings. The molecule has 0 radical (unpaired) electrons. The number of likely N-dealkylation sites (tertiary alicyclic amines) is 1. The molecule has 1 saturated carbocycles. The monoisotopic (exact) mass is 375 g/mol. The van der Waals surface area contributed by atoms with E-state index >= 15 is 0 Å². The number of aliphatic hydroxyl groups excluding tert-OH is 1. The van der Waals surface area contributed by atoms with Gasteiger partial charge in [-0.15, -0.1) is 0 Å². The Kier molecular flexibility index (Phi) is 4.48. The van der Waals surface area contributed by atoms with Crippen molar-refractivity contribution in [1.29, 1.82) is 0 Å². The van der Waals surface area contributed by atoms with Gasteiger partial charge in [-0.1, -0.05) is 25.4 Å². The van der Waals surface area contributed by atoms with Gasteiger partial charge in [-0.25, -0.2) is 0 Å². The molecule has 26 heavy (non-hydrogen) atoms. The first-order valence-corrected chi connectivity index (χ1v) is 9.85. The number of aromatic nitrogens is 2. The summed E-state index contributed by atoms with van der Waals surface area (Å²) in [6.45, 7) is 5.83. The maximum Gasteiger partial charge on any atom is 0.225 e. The van der Waals surface area contributed by atoms with Crippen LogP contribution in [0, 0.1) is 17.3 Å². The molecule has 2 heterocycles. The summed E-state index contributed by atoms with van der Waals surface area (Å²) in [6, 6.07) is 3.67. The molecule has 4 rings (SSSR count). The van der Waals surface area contributed by atoms with Gasteiger partial charge in [0, 0.05) is 29.4 Å². The summed E-state index contributed by atoms with van der Waals surface area (Å²) < 4.78 is 0. The minimum Gasteiger partial charge on any atom is -0.388 e. The van der Waals surface area contributed by atoms with Gasteiger partial charge < -0.3 is 10.0 Å². The number of benzene rings is 1. The molecule has 1 amide bonds. The van der Waals surface area contributed by atoms with E-state index < -0.39 is 6.10 Å². The van der Waals surface area contributed by atoms with E-state index in [1.165, 1.54) is 0 Å². The van der Waals surface area contributed by atoms with Crippen LogP contribution in [0.15, 0.2) is 18.3 Å². The highest BCUT2D eigenvalue weighted by molar-refractivity contribution is 6.31. The van der Waals surface area contributed by atoms with E-state index in [4.69, 9.17) is 11.6 Å². The highest BCUT2D eigenvalue weighted by Crippen LogP contribution is 2.46. The Morgan fingerprint density at radius 3 is 2.65 bits per heavy atom. The second-order valence-corrected chi connectivity index (χ2v) is 8.86. The number of aliphatic hydroxyl groups is 1. The van der Waals surface area contributed by atoms with Crippen LogP contribution in [-0.2, 0) is 4.79 Å². The number of halogens is 1. The Morgan fingerprint density at radius 2 is 2.00 bits per heavy atom. The van der Waals surface area contributed by atoms with Crippen LogP contribution in [0.4, 0.5) is 0 Å². The average molecular weight is 376 g/mol. The third-order valence-corrected chi connectivity index (χ3v) is 6.56. The fourth-order valence-corrected chi connectivity index (χ4v) is 4.55. The summed E-state index contributed by atoms with van der Waals surface area (Å²) in [6.07, 6.45) is 5.07. The van der Waals surface area contributed by atoms with Crippen molar-refractivity contribution in [3.8, 4) is 0 Å². The van der Waals surface area contributed by atoms with Crippen molar-refractivity contribution < 1.29 is 9.90 Å². The van der Waals surface area contributed by atoms with E-state index in [9.17, 15) is 9.90 Å². The Hall–Kier alpha value is -1.59. The molecule has 6 heteroatoms. The highest BCUT2D eigenvalue weighted by atomic mass is 35.5. The van der Waals surface area contributed by atoms with Crippen LogP contribution in [0.2, 0.25) is 5.02 Å². The number of carbonyl (C=O) groups is 1. The third-order valence-electron chi connectivity index (χ3n) is 6.34. The minimum absolute atomic E-state index is 0.283. The normalized spacial score (nSPS) is 20.5. The Morgan fingerprint density at radius 1 is 1.31 bits per heavy atom. The number of hydrogen-bond acceptors (Lipinski definition) is 3. The molecule has 1 saturated heterocycles. The predicted molar refractivity (Wildman–Crippen MR) is 102 cm³/mol. The van der Waals surface area contributed by atoms with Crippen LogP contribution in [0.25, 0.3) is 10.9 Å². The molecule has 0 spiro atoms. The van der Waals surface area contributed by atoms with E-state index in [-0.39, 0.29) is 11.3 Å². The summed E-state index contributed by atoms with van der Waals surface area (Å²) in [5, 5.41) is 19.8. The summed E-state index contributed by atoms with van der Waals surface area (Å²) in [5.41, 5.74) is 1.35. The number of hydrogen-bond donors (Lipinski definition) is 2. The van der Waals surface area contributed by atoms with Crippen molar-refractivity contribution in [2.45, 2.75) is 45.6 Å². The van der Waals surface area contributed by atoms with Gasteiger partial charge >= 0.3 is 0 Å². The number of H-pyrrole nitrogens is 1. The molecule has 1 aromatic heterocycles. The Balaban J connectivity index is 1.52. The van der Waals surface area contributed by atoms with Gasteiger partial charge in [0.25, 0.3) is 0 Å². The summed E-state index contributed by atoms with van der Waals surface area (Å²) >= 11 is 6.25. The molecule has 140 valence electrons. The van der Waals surface area contributed by atoms with Crippen LogP contribution < -0.4 is 0 Å². The molecule has 1 atom stereocenters. The largest absolute Gasteiger partial charge is 0.388 e. The van der Waals surface area contributed by atoms with Crippen molar-refractivity contribution in [3.63, 3.8) is 0 Å². The number of piperidine rings is 1. The van der Waals surface area contributed by atoms with Crippen molar-refractivity contribution in [2.75, 3.05) is 13.1 Å². The van der Waals surface area contributed by atoms with E-state index in [0.717, 1.165) is 55.2 Å². The van der Waals surface area contributed by atoms with Gasteiger partial charge in [0.05, 0.1) is 17.8 Å². The fraction of sp³-hybridized carbons (Fsp3) is 0.600. The van der Waals surface area contributed by atoms with Crippen molar-refractivity contribution in [1.82, 2.24) is 15.1 Å². The summed E-state index contributed by atoms with van der Waals surface area (Å²) in [4.78, 5) is 14.3.